The Morgan fingerprint density at radius 1 is 1.04 bits per heavy atom. The van der Waals surface area contributed by atoms with E-state index in [9.17, 15) is 4.57 Å². The molecule has 0 bridgehead atoms. The van der Waals surface area contributed by atoms with Gasteiger partial charge >= 0.3 is 7.82 Å². The van der Waals surface area contributed by atoms with Crippen molar-refractivity contribution >= 4 is 77.4 Å². The van der Waals surface area contributed by atoms with Crippen LogP contribution < -0.4 is 0 Å². The predicted octanol–water partition coefficient (Wildman–Crippen LogP) is 5.74. The molecule has 1 aromatic rings. The topological polar surface area (TPSA) is 70.5 Å². The molecule has 1 atom stereocenters. The monoisotopic (exact) mass is 478 g/mol. The molecule has 0 aliphatic heterocycles. The van der Waals surface area contributed by atoms with Gasteiger partial charge in [0.05, 0.1) is 0 Å². The largest absolute Gasteiger partial charge is 0.475 e. The molecule has 0 spiro atoms. The Balaban J connectivity index is 2.86. The minimum absolute atomic E-state index is 0.246. The third kappa shape index (κ3) is 9.58. The first-order chi connectivity index (χ1) is 10.8. The van der Waals surface area contributed by atoms with E-state index >= 15 is 0 Å². The lowest BCUT2D eigenvalue weighted by Crippen LogP contribution is -2.18. The maximum atomic E-state index is 12.7. The molecule has 1 aromatic heterocycles. The second-order valence-corrected chi connectivity index (χ2v) is 11.2. The van der Waals surface area contributed by atoms with Crippen LogP contribution in [0.2, 0.25) is 0 Å². The van der Waals surface area contributed by atoms with Crippen LogP contribution in [0, 0.1) is 6.92 Å². The fourth-order valence-corrected chi connectivity index (χ4v) is 3.42. The summed E-state index contributed by atoms with van der Waals surface area (Å²) in [6, 6.07) is 0. The Morgan fingerprint density at radius 3 is 1.83 bits per heavy atom. The van der Waals surface area contributed by atoms with Crippen molar-refractivity contribution in [2.75, 3.05) is 13.2 Å². The van der Waals surface area contributed by atoms with Crippen molar-refractivity contribution in [2.45, 2.75) is 27.5 Å². The van der Waals surface area contributed by atoms with Crippen molar-refractivity contribution < 1.29 is 18.1 Å². The number of phosphoric acid groups is 1. The Labute approximate surface area is 169 Å². The minimum atomic E-state index is -4.23. The molecule has 1 heterocycles. The van der Waals surface area contributed by atoms with E-state index in [1.165, 1.54) is 6.92 Å². The molecule has 24 heavy (non-hydrogen) atoms. The highest BCUT2D eigenvalue weighted by Gasteiger charge is 2.37. The molecule has 0 N–H and O–H groups in total. The number of nitrogens with zero attached hydrogens (tertiary/aromatic N) is 2. The molecular weight excluding hydrogens is 468 g/mol. The van der Waals surface area contributed by atoms with Gasteiger partial charge in [-0.3, -0.25) is 13.6 Å². The van der Waals surface area contributed by atoms with Gasteiger partial charge in [-0.15, -0.1) is 0 Å². The van der Waals surface area contributed by atoms with Gasteiger partial charge in [-0.2, -0.15) is 0 Å². The first-order valence-electron chi connectivity index (χ1n) is 6.29. The highest BCUT2D eigenvalue weighted by molar-refractivity contribution is 7.48. The standard InChI is InChI=1S/C11H13Cl6N2O4P/c1-7-3-18-9(19-4-7)8(2)23-24(20,21-5-10(12,13)14)22-6-11(15,16)17/h3-4,8H,5-6H2,1-2H3. The van der Waals surface area contributed by atoms with E-state index in [2.05, 4.69) is 9.97 Å². The lowest BCUT2D eigenvalue weighted by Gasteiger charge is -2.24. The van der Waals surface area contributed by atoms with Crippen LogP contribution >= 0.6 is 77.4 Å². The van der Waals surface area contributed by atoms with Gasteiger partial charge in [0.15, 0.2) is 5.82 Å². The van der Waals surface area contributed by atoms with Crippen molar-refractivity contribution in [1.82, 2.24) is 9.97 Å². The maximum Gasteiger partial charge on any atom is 0.475 e. The zero-order valence-electron chi connectivity index (χ0n) is 12.4. The Morgan fingerprint density at radius 2 is 1.46 bits per heavy atom. The zero-order chi connectivity index (χ0) is 18.6. The van der Waals surface area contributed by atoms with Gasteiger partial charge in [-0.25, -0.2) is 14.5 Å². The van der Waals surface area contributed by atoms with Crippen molar-refractivity contribution in [3.63, 3.8) is 0 Å². The van der Waals surface area contributed by atoms with Crippen molar-refractivity contribution in [3.8, 4) is 0 Å². The number of hydrogen-bond acceptors (Lipinski definition) is 6. The van der Waals surface area contributed by atoms with Gasteiger partial charge in [0.25, 0.3) is 0 Å². The van der Waals surface area contributed by atoms with Gasteiger partial charge in [0.1, 0.15) is 19.3 Å². The number of phosphoric ester groups is 1. The molecule has 1 rings (SSSR count). The van der Waals surface area contributed by atoms with Crippen LogP contribution in [-0.2, 0) is 18.1 Å². The Kier molecular flexibility index (Phi) is 8.83. The first kappa shape index (κ1) is 23.0. The average molecular weight is 481 g/mol. The van der Waals surface area contributed by atoms with Gasteiger partial charge in [-0.05, 0) is 19.4 Å². The first-order valence-corrected chi connectivity index (χ1v) is 10.0. The number of rotatable bonds is 7. The molecule has 0 aromatic carbocycles. The summed E-state index contributed by atoms with van der Waals surface area (Å²) >= 11 is 33.4. The fourth-order valence-electron chi connectivity index (χ4n) is 1.26. The zero-order valence-corrected chi connectivity index (χ0v) is 17.8. The average Bonchev–Trinajstić information content (AvgIpc) is 2.43. The van der Waals surface area contributed by atoms with E-state index in [0.717, 1.165) is 5.56 Å². The van der Waals surface area contributed by atoms with E-state index < -0.39 is 34.7 Å². The smallest absolute Gasteiger partial charge is 0.282 e. The molecule has 0 amide bonds. The molecule has 0 saturated heterocycles. The Hall–Kier alpha value is 0.930. The van der Waals surface area contributed by atoms with E-state index in [1.807, 2.05) is 6.92 Å². The normalized spacial score (nSPS) is 14.7. The summed E-state index contributed by atoms with van der Waals surface area (Å²) in [5.74, 6) is 0.246. The number of aromatic nitrogens is 2. The minimum Gasteiger partial charge on any atom is -0.282 e. The number of halogens is 6. The third-order valence-electron chi connectivity index (χ3n) is 2.22. The molecule has 13 heteroatoms. The fraction of sp³-hybridized carbons (Fsp3) is 0.636. The van der Waals surface area contributed by atoms with Crippen LogP contribution in [0.1, 0.15) is 24.4 Å². The van der Waals surface area contributed by atoms with Crippen molar-refractivity contribution in [3.05, 3.63) is 23.8 Å². The lowest BCUT2D eigenvalue weighted by molar-refractivity contribution is 0.0833. The molecule has 0 aliphatic rings. The van der Waals surface area contributed by atoms with Gasteiger partial charge in [0, 0.05) is 12.4 Å². The van der Waals surface area contributed by atoms with Gasteiger partial charge < -0.3 is 0 Å². The summed E-state index contributed by atoms with van der Waals surface area (Å²) in [7, 11) is -4.23. The van der Waals surface area contributed by atoms with E-state index in [1.54, 1.807) is 12.4 Å². The summed E-state index contributed by atoms with van der Waals surface area (Å²) in [5, 5.41) is 0. The van der Waals surface area contributed by atoms with Crippen molar-refractivity contribution in [1.29, 1.82) is 0 Å². The number of aryl methyl sites for hydroxylation is 1. The van der Waals surface area contributed by atoms with Gasteiger partial charge in [0.2, 0.25) is 7.59 Å². The number of hydrogen-bond donors (Lipinski definition) is 0. The molecular formula is C11H13Cl6N2O4P. The summed E-state index contributed by atoms with van der Waals surface area (Å²) in [6.45, 7) is 2.20. The molecule has 0 fully saturated rings. The highest BCUT2D eigenvalue weighted by atomic mass is 35.6. The van der Waals surface area contributed by atoms with Crippen LogP contribution in [0.4, 0.5) is 0 Å². The van der Waals surface area contributed by atoms with Crippen LogP contribution in [-0.4, -0.2) is 30.8 Å². The van der Waals surface area contributed by atoms with E-state index in [-0.39, 0.29) is 5.82 Å². The number of alkyl halides is 6. The van der Waals surface area contributed by atoms with Crippen LogP contribution in [0.15, 0.2) is 12.4 Å². The van der Waals surface area contributed by atoms with E-state index in [4.69, 9.17) is 83.2 Å². The van der Waals surface area contributed by atoms with E-state index in [0.29, 0.717) is 0 Å². The summed E-state index contributed by atoms with van der Waals surface area (Å²) in [5.41, 5.74) is 0.842. The Bertz CT molecular complexity index is 555. The lowest BCUT2D eigenvalue weighted by atomic mass is 10.3. The van der Waals surface area contributed by atoms with Crippen LogP contribution in [0.5, 0.6) is 0 Å². The summed E-state index contributed by atoms with van der Waals surface area (Å²) in [6.07, 6.45) is 2.27. The molecule has 0 radical (unpaired) electrons. The second-order valence-electron chi connectivity index (χ2n) is 4.59. The SMILES string of the molecule is Cc1cnc(C(C)OP(=O)(OCC(Cl)(Cl)Cl)OCC(Cl)(Cl)Cl)nc1. The molecule has 0 saturated carbocycles. The molecule has 0 aliphatic carbocycles. The predicted molar refractivity (Wildman–Crippen MR) is 96.4 cm³/mol. The van der Waals surface area contributed by atoms with Crippen LogP contribution in [0.3, 0.4) is 0 Å². The third-order valence-corrected chi connectivity index (χ3v) is 4.34. The maximum absolute atomic E-state index is 12.7. The van der Waals surface area contributed by atoms with Crippen LogP contribution in [0.25, 0.3) is 0 Å². The van der Waals surface area contributed by atoms with Crippen molar-refractivity contribution in [2.24, 2.45) is 0 Å². The van der Waals surface area contributed by atoms with Gasteiger partial charge in [-0.1, -0.05) is 69.6 Å². The molecule has 6 nitrogen and oxygen atoms in total. The second kappa shape index (κ2) is 9.23. The quantitative estimate of drug-likeness (QED) is 0.366. The highest BCUT2D eigenvalue weighted by Crippen LogP contribution is 2.55. The summed E-state index contributed by atoms with van der Waals surface area (Å²) in [4.78, 5) is 8.11. The molecule has 1 unspecified atom stereocenters. The molecule has 138 valence electrons. The summed E-state index contributed by atoms with van der Waals surface area (Å²) < 4.78 is 24.3.